The average molecular weight is 239 g/mol. The van der Waals surface area contributed by atoms with Gasteiger partial charge in [0.2, 0.25) is 5.89 Å². The van der Waals surface area contributed by atoms with E-state index in [9.17, 15) is 5.11 Å². The summed E-state index contributed by atoms with van der Waals surface area (Å²) in [5, 5.41) is 14.0. The highest BCUT2D eigenvalue weighted by Crippen LogP contribution is 2.30. The summed E-state index contributed by atoms with van der Waals surface area (Å²) in [6, 6.07) is 0. The molecule has 0 aromatic carbocycles. The molecule has 5 heteroatoms. The van der Waals surface area contributed by atoms with E-state index in [-0.39, 0.29) is 12.0 Å². The van der Waals surface area contributed by atoms with E-state index in [4.69, 9.17) is 4.52 Å². The molecule has 5 nitrogen and oxygen atoms in total. The van der Waals surface area contributed by atoms with E-state index in [1.807, 2.05) is 19.0 Å². The lowest BCUT2D eigenvalue weighted by Crippen LogP contribution is -2.17. The van der Waals surface area contributed by atoms with E-state index < -0.39 is 0 Å². The van der Waals surface area contributed by atoms with Gasteiger partial charge in [-0.15, -0.1) is 0 Å². The predicted octanol–water partition coefficient (Wildman–Crippen LogP) is 1.54. The fraction of sp³-hybridized carbons (Fsp3) is 0.833. The summed E-state index contributed by atoms with van der Waals surface area (Å²) in [6.07, 6.45) is 4.88. The van der Waals surface area contributed by atoms with Gasteiger partial charge in [-0.25, -0.2) is 0 Å². The molecule has 0 bridgehead atoms. The van der Waals surface area contributed by atoms with Gasteiger partial charge in [0.05, 0.1) is 18.6 Å². The van der Waals surface area contributed by atoms with E-state index in [1.54, 1.807) is 0 Å². The summed E-state index contributed by atoms with van der Waals surface area (Å²) in [5.41, 5.74) is 0. The van der Waals surface area contributed by atoms with Crippen LogP contribution in [0, 0.1) is 0 Å². The molecule has 0 saturated heterocycles. The van der Waals surface area contributed by atoms with Crippen molar-refractivity contribution in [3.05, 3.63) is 11.7 Å². The third-order valence-corrected chi connectivity index (χ3v) is 3.24. The Morgan fingerprint density at radius 1 is 1.29 bits per heavy atom. The molecule has 1 aliphatic rings. The third kappa shape index (κ3) is 3.26. The van der Waals surface area contributed by atoms with Crippen LogP contribution in [0.3, 0.4) is 0 Å². The molecule has 1 fully saturated rings. The van der Waals surface area contributed by atoms with Gasteiger partial charge in [-0.05, 0) is 26.9 Å². The zero-order valence-corrected chi connectivity index (χ0v) is 10.6. The van der Waals surface area contributed by atoms with E-state index in [0.717, 1.165) is 25.7 Å². The number of hydrogen-bond acceptors (Lipinski definition) is 5. The molecule has 0 amide bonds. The van der Waals surface area contributed by atoms with Crippen molar-refractivity contribution in [1.29, 1.82) is 0 Å². The van der Waals surface area contributed by atoms with Crippen LogP contribution in [0.1, 0.15) is 49.7 Å². The summed E-state index contributed by atoms with van der Waals surface area (Å²) >= 11 is 0. The monoisotopic (exact) mass is 239 g/mol. The van der Waals surface area contributed by atoms with Gasteiger partial charge in [0.1, 0.15) is 0 Å². The molecule has 17 heavy (non-hydrogen) atoms. The summed E-state index contributed by atoms with van der Waals surface area (Å²) < 4.78 is 5.28. The van der Waals surface area contributed by atoms with Gasteiger partial charge in [-0.3, -0.25) is 0 Å². The van der Waals surface area contributed by atoms with Crippen LogP contribution in [-0.4, -0.2) is 40.3 Å². The maximum absolute atomic E-state index is 10.1. The van der Waals surface area contributed by atoms with Gasteiger partial charge in [0, 0.05) is 0 Å². The Balaban J connectivity index is 2.07. The highest BCUT2D eigenvalue weighted by atomic mass is 16.5. The van der Waals surface area contributed by atoms with Crippen molar-refractivity contribution in [1.82, 2.24) is 15.0 Å². The first-order valence-electron chi connectivity index (χ1n) is 6.32. The van der Waals surface area contributed by atoms with E-state index in [2.05, 4.69) is 10.1 Å². The fourth-order valence-electron chi connectivity index (χ4n) is 2.34. The molecule has 2 rings (SSSR count). The minimum absolute atomic E-state index is 0.0286. The molecule has 2 unspecified atom stereocenters. The smallest absolute Gasteiger partial charge is 0.232 e. The van der Waals surface area contributed by atoms with Crippen LogP contribution in [0.4, 0.5) is 0 Å². The van der Waals surface area contributed by atoms with Crippen molar-refractivity contribution in [2.75, 3.05) is 14.1 Å². The molecule has 0 aliphatic heterocycles. The molecule has 1 aliphatic carbocycles. The largest absolute Gasteiger partial charge is 0.392 e. The first kappa shape index (κ1) is 12.5. The zero-order chi connectivity index (χ0) is 12.3. The van der Waals surface area contributed by atoms with Crippen LogP contribution in [0.5, 0.6) is 0 Å². The number of rotatable bonds is 3. The SMILES string of the molecule is CN(C)Cc1noc(C2CCCCCC2O)n1. The molecule has 1 saturated carbocycles. The second kappa shape index (κ2) is 5.60. The van der Waals surface area contributed by atoms with Gasteiger partial charge in [0.25, 0.3) is 0 Å². The van der Waals surface area contributed by atoms with Crippen molar-refractivity contribution in [2.45, 2.75) is 50.7 Å². The van der Waals surface area contributed by atoms with Crippen LogP contribution in [-0.2, 0) is 6.54 Å². The minimum atomic E-state index is -0.329. The summed E-state index contributed by atoms with van der Waals surface area (Å²) in [6.45, 7) is 0.673. The first-order valence-corrected chi connectivity index (χ1v) is 6.32. The van der Waals surface area contributed by atoms with Gasteiger partial charge >= 0.3 is 0 Å². The van der Waals surface area contributed by atoms with Crippen LogP contribution in [0.2, 0.25) is 0 Å². The van der Waals surface area contributed by atoms with Crippen molar-refractivity contribution >= 4 is 0 Å². The van der Waals surface area contributed by atoms with Gasteiger partial charge in [-0.2, -0.15) is 4.98 Å². The van der Waals surface area contributed by atoms with Gasteiger partial charge < -0.3 is 14.5 Å². The average Bonchev–Trinajstić information content (AvgIpc) is 2.59. The van der Waals surface area contributed by atoms with Crippen molar-refractivity contribution in [3.8, 4) is 0 Å². The second-order valence-corrected chi connectivity index (χ2v) is 5.10. The van der Waals surface area contributed by atoms with Crippen LogP contribution in [0.25, 0.3) is 0 Å². The Morgan fingerprint density at radius 3 is 2.82 bits per heavy atom. The maximum atomic E-state index is 10.1. The highest BCUT2D eigenvalue weighted by molar-refractivity contribution is 4.98. The zero-order valence-electron chi connectivity index (χ0n) is 10.6. The lowest BCUT2D eigenvalue weighted by molar-refractivity contribution is 0.119. The quantitative estimate of drug-likeness (QED) is 0.811. The topological polar surface area (TPSA) is 62.4 Å². The normalized spacial score (nSPS) is 26.1. The number of aliphatic hydroxyl groups is 1. The molecule has 1 heterocycles. The first-order chi connectivity index (χ1) is 8.16. The minimum Gasteiger partial charge on any atom is -0.392 e. The van der Waals surface area contributed by atoms with Crippen molar-refractivity contribution in [3.63, 3.8) is 0 Å². The lowest BCUT2D eigenvalue weighted by atomic mass is 9.97. The Labute approximate surface area is 102 Å². The molecule has 1 N–H and O–H groups in total. The molecule has 96 valence electrons. The standard InChI is InChI=1S/C12H21N3O2/c1-15(2)8-11-13-12(17-14-11)9-6-4-3-5-7-10(9)16/h9-10,16H,3-8H2,1-2H3. The molecular formula is C12H21N3O2. The molecular weight excluding hydrogens is 218 g/mol. The second-order valence-electron chi connectivity index (χ2n) is 5.10. The molecule has 1 aromatic heterocycles. The van der Waals surface area contributed by atoms with E-state index in [1.165, 1.54) is 6.42 Å². The van der Waals surface area contributed by atoms with Gasteiger partial charge in [0.15, 0.2) is 5.82 Å². The predicted molar refractivity (Wildman–Crippen MR) is 63.5 cm³/mol. The van der Waals surface area contributed by atoms with Crippen LogP contribution < -0.4 is 0 Å². The maximum Gasteiger partial charge on any atom is 0.232 e. The van der Waals surface area contributed by atoms with Crippen LogP contribution >= 0.6 is 0 Å². The van der Waals surface area contributed by atoms with Crippen molar-refractivity contribution < 1.29 is 9.63 Å². The Bertz CT molecular complexity index is 351. The lowest BCUT2D eigenvalue weighted by Gasteiger charge is -2.15. The summed E-state index contributed by atoms with van der Waals surface area (Å²) in [4.78, 5) is 6.38. The van der Waals surface area contributed by atoms with Gasteiger partial charge in [-0.1, -0.05) is 24.4 Å². The number of nitrogens with zero attached hydrogens (tertiary/aromatic N) is 3. The molecule has 0 radical (unpaired) electrons. The van der Waals surface area contributed by atoms with Crippen LogP contribution in [0.15, 0.2) is 4.52 Å². The Kier molecular flexibility index (Phi) is 4.12. The number of hydrogen-bond donors (Lipinski definition) is 1. The highest BCUT2D eigenvalue weighted by Gasteiger charge is 2.28. The Hall–Kier alpha value is -0.940. The Morgan fingerprint density at radius 2 is 2.06 bits per heavy atom. The number of aromatic nitrogens is 2. The molecule has 2 atom stereocenters. The van der Waals surface area contributed by atoms with Crippen molar-refractivity contribution in [2.24, 2.45) is 0 Å². The molecule has 0 spiro atoms. The number of aliphatic hydroxyl groups excluding tert-OH is 1. The summed E-state index contributed by atoms with van der Waals surface area (Å²) in [5.74, 6) is 1.33. The molecule has 1 aromatic rings. The van der Waals surface area contributed by atoms with E-state index in [0.29, 0.717) is 18.3 Å². The summed E-state index contributed by atoms with van der Waals surface area (Å²) in [7, 11) is 3.94. The third-order valence-electron chi connectivity index (χ3n) is 3.24. The van der Waals surface area contributed by atoms with E-state index >= 15 is 0 Å². The fourth-order valence-corrected chi connectivity index (χ4v) is 2.34.